The van der Waals surface area contributed by atoms with Crippen LogP contribution in [0.15, 0.2) is 84.9 Å². The van der Waals surface area contributed by atoms with Crippen LogP contribution >= 0.6 is 0 Å². The molecule has 0 aliphatic carbocycles. The molecule has 182 valence electrons. The first-order valence-corrected chi connectivity index (χ1v) is 11.6. The lowest BCUT2D eigenvalue weighted by molar-refractivity contribution is -0.149. The molecule has 3 aromatic carbocycles. The van der Waals surface area contributed by atoms with Gasteiger partial charge in [0.2, 0.25) is 0 Å². The fourth-order valence-corrected chi connectivity index (χ4v) is 3.84. The summed E-state index contributed by atoms with van der Waals surface area (Å²) in [5.74, 6) is -2.13. The Morgan fingerprint density at radius 2 is 1.20 bits per heavy atom. The molecule has 6 nitrogen and oxygen atoms in total. The van der Waals surface area contributed by atoms with Crippen LogP contribution in [-0.2, 0) is 9.53 Å². The number of ether oxygens (including phenoxy) is 1. The lowest BCUT2D eigenvalue weighted by Gasteiger charge is -2.36. The zero-order valence-electron chi connectivity index (χ0n) is 20.5. The van der Waals surface area contributed by atoms with E-state index in [0.29, 0.717) is 0 Å². The Hall–Kier alpha value is -3.93. The maximum absolute atomic E-state index is 14.0. The van der Waals surface area contributed by atoms with Gasteiger partial charge >= 0.3 is 11.9 Å². The smallest absolute Gasteiger partial charge is 0.338 e. The van der Waals surface area contributed by atoms with Gasteiger partial charge in [0.15, 0.2) is 0 Å². The van der Waals surface area contributed by atoms with Gasteiger partial charge in [-0.1, -0.05) is 72.8 Å². The molecule has 0 aliphatic rings. The second-order valence-electron chi connectivity index (χ2n) is 9.20. The molecule has 35 heavy (non-hydrogen) atoms. The van der Waals surface area contributed by atoms with E-state index >= 15 is 0 Å². The van der Waals surface area contributed by atoms with Gasteiger partial charge in [-0.2, -0.15) is 0 Å². The summed E-state index contributed by atoms with van der Waals surface area (Å²) in [5, 5.41) is 9.33. The highest BCUT2D eigenvalue weighted by molar-refractivity contribution is 6.05. The van der Waals surface area contributed by atoms with Crippen molar-refractivity contribution in [1.82, 2.24) is 4.90 Å². The Morgan fingerprint density at radius 1 is 0.771 bits per heavy atom. The van der Waals surface area contributed by atoms with Gasteiger partial charge in [-0.25, -0.2) is 4.79 Å². The highest BCUT2D eigenvalue weighted by Gasteiger charge is 2.33. The predicted molar refractivity (Wildman–Crippen MR) is 134 cm³/mol. The van der Waals surface area contributed by atoms with E-state index in [1.54, 1.807) is 23.1 Å². The summed E-state index contributed by atoms with van der Waals surface area (Å²) < 4.78 is 5.32. The minimum absolute atomic E-state index is 0.101. The second kappa shape index (κ2) is 11.0. The second-order valence-corrected chi connectivity index (χ2v) is 9.20. The Bertz CT molecular complexity index is 1130. The molecular weight excluding hydrogens is 442 g/mol. The molecule has 6 heteroatoms. The third kappa shape index (κ3) is 5.96. The summed E-state index contributed by atoms with van der Waals surface area (Å²) in [4.78, 5) is 40.2. The summed E-state index contributed by atoms with van der Waals surface area (Å²) in [6, 6.07) is 25.4. The molecule has 0 radical (unpaired) electrons. The van der Waals surface area contributed by atoms with Crippen molar-refractivity contribution in [3.05, 3.63) is 107 Å². The van der Waals surface area contributed by atoms with E-state index in [1.807, 2.05) is 74.5 Å². The minimum Gasteiger partial charge on any atom is -0.481 e. The molecule has 0 heterocycles. The SMILES string of the molecule is C[C@H](c1ccccc1)N(C(=O)c1ccccc1C(=O)OCC(C)(C)C(=O)O)[C@H](C)c1ccccc1. The number of carboxylic acid groups (broad SMARTS) is 1. The van der Waals surface area contributed by atoms with Gasteiger partial charge in [0.05, 0.1) is 28.6 Å². The number of nitrogens with zero attached hydrogens (tertiary/aromatic N) is 1. The van der Waals surface area contributed by atoms with Crippen LogP contribution < -0.4 is 0 Å². The summed E-state index contributed by atoms with van der Waals surface area (Å²) in [5.41, 5.74) is 0.990. The fraction of sp³-hybridized carbons (Fsp3) is 0.276. The summed E-state index contributed by atoms with van der Waals surface area (Å²) in [6.45, 7) is 6.56. The average Bonchev–Trinajstić information content (AvgIpc) is 2.88. The van der Waals surface area contributed by atoms with E-state index in [2.05, 4.69) is 0 Å². The quantitative estimate of drug-likeness (QED) is 0.390. The molecule has 3 aromatic rings. The first-order chi connectivity index (χ1) is 16.6. The van der Waals surface area contributed by atoms with Crippen LogP contribution in [0.1, 0.15) is 71.6 Å². The van der Waals surface area contributed by atoms with E-state index < -0.39 is 17.4 Å². The predicted octanol–water partition coefficient (Wildman–Crippen LogP) is 5.92. The number of esters is 1. The first-order valence-electron chi connectivity index (χ1n) is 11.6. The zero-order chi connectivity index (χ0) is 25.6. The molecule has 0 saturated heterocycles. The van der Waals surface area contributed by atoms with Crippen molar-refractivity contribution in [3.8, 4) is 0 Å². The fourth-order valence-electron chi connectivity index (χ4n) is 3.84. The van der Waals surface area contributed by atoms with Crippen molar-refractivity contribution >= 4 is 17.8 Å². The van der Waals surface area contributed by atoms with Gasteiger partial charge in [0, 0.05) is 0 Å². The van der Waals surface area contributed by atoms with Crippen LogP contribution in [0.2, 0.25) is 0 Å². The van der Waals surface area contributed by atoms with Crippen molar-refractivity contribution in [3.63, 3.8) is 0 Å². The van der Waals surface area contributed by atoms with Gasteiger partial charge < -0.3 is 14.7 Å². The van der Waals surface area contributed by atoms with E-state index in [4.69, 9.17) is 4.74 Å². The van der Waals surface area contributed by atoms with Gasteiger partial charge in [-0.15, -0.1) is 0 Å². The molecule has 3 rings (SSSR count). The molecule has 1 amide bonds. The van der Waals surface area contributed by atoms with Gasteiger partial charge in [-0.3, -0.25) is 9.59 Å². The van der Waals surface area contributed by atoms with E-state index in [1.165, 1.54) is 19.9 Å². The third-order valence-electron chi connectivity index (χ3n) is 6.15. The number of benzene rings is 3. The topological polar surface area (TPSA) is 83.9 Å². The van der Waals surface area contributed by atoms with Crippen molar-refractivity contribution in [2.45, 2.75) is 39.8 Å². The van der Waals surface area contributed by atoms with Crippen molar-refractivity contribution in [2.75, 3.05) is 6.61 Å². The highest BCUT2D eigenvalue weighted by atomic mass is 16.5. The molecule has 0 aromatic heterocycles. The first kappa shape index (κ1) is 25.7. The normalized spacial score (nSPS) is 12.9. The summed E-state index contributed by atoms with van der Waals surface area (Å²) in [6.07, 6.45) is 0. The number of carbonyl (C=O) groups is 3. The van der Waals surface area contributed by atoms with Gasteiger partial charge in [-0.05, 0) is 51.0 Å². The zero-order valence-corrected chi connectivity index (χ0v) is 20.5. The maximum Gasteiger partial charge on any atom is 0.338 e. The van der Waals surface area contributed by atoms with Crippen LogP contribution in [0.3, 0.4) is 0 Å². The van der Waals surface area contributed by atoms with Crippen LogP contribution in [0.5, 0.6) is 0 Å². The molecule has 0 aliphatic heterocycles. The molecule has 0 saturated carbocycles. The number of hydrogen-bond acceptors (Lipinski definition) is 4. The van der Waals surface area contributed by atoms with Crippen molar-refractivity contribution in [1.29, 1.82) is 0 Å². The van der Waals surface area contributed by atoms with Crippen molar-refractivity contribution < 1.29 is 24.2 Å². The largest absolute Gasteiger partial charge is 0.481 e. The van der Waals surface area contributed by atoms with Gasteiger partial charge in [0.25, 0.3) is 5.91 Å². The number of hydrogen-bond donors (Lipinski definition) is 1. The standard InChI is InChI=1S/C29H31NO5/c1-20(22-13-7-5-8-14-22)30(21(2)23-15-9-6-10-16-23)26(31)24-17-11-12-18-25(24)27(32)35-19-29(3,4)28(33)34/h5-18,20-21H,19H2,1-4H3,(H,33,34)/t20-,21-/m1/s1. The maximum atomic E-state index is 14.0. The van der Waals surface area contributed by atoms with E-state index in [0.717, 1.165) is 11.1 Å². The number of carbonyl (C=O) groups excluding carboxylic acids is 2. The monoisotopic (exact) mass is 473 g/mol. The Morgan fingerprint density at radius 3 is 1.66 bits per heavy atom. The van der Waals surface area contributed by atoms with Crippen LogP contribution in [0, 0.1) is 5.41 Å². The van der Waals surface area contributed by atoms with E-state index in [9.17, 15) is 19.5 Å². The number of aliphatic carboxylic acids is 1. The molecule has 0 fully saturated rings. The van der Waals surface area contributed by atoms with Gasteiger partial charge in [0.1, 0.15) is 6.61 Å². The molecule has 0 spiro atoms. The average molecular weight is 474 g/mol. The summed E-state index contributed by atoms with van der Waals surface area (Å²) >= 11 is 0. The Balaban J connectivity index is 1.99. The lowest BCUT2D eigenvalue weighted by Crippen LogP contribution is -2.37. The van der Waals surface area contributed by atoms with Crippen LogP contribution in [-0.4, -0.2) is 34.5 Å². The molecular formula is C29H31NO5. The molecule has 0 bridgehead atoms. The summed E-state index contributed by atoms with van der Waals surface area (Å²) in [7, 11) is 0. The third-order valence-corrected chi connectivity index (χ3v) is 6.15. The number of carboxylic acids is 1. The van der Waals surface area contributed by atoms with Crippen molar-refractivity contribution in [2.24, 2.45) is 5.41 Å². The number of rotatable bonds is 9. The number of amides is 1. The Labute approximate surface area is 206 Å². The minimum atomic E-state index is -1.25. The Kier molecular flexibility index (Phi) is 8.07. The van der Waals surface area contributed by atoms with Crippen LogP contribution in [0.25, 0.3) is 0 Å². The highest BCUT2D eigenvalue weighted by Crippen LogP contribution is 2.33. The molecule has 1 N–H and O–H groups in total. The lowest BCUT2D eigenvalue weighted by atomic mass is 9.95. The molecule has 0 unspecified atom stereocenters. The van der Waals surface area contributed by atoms with E-state index in [-0.39, 0.29) is 35.7 Å². The molecule has 2 atom stereocenters. The van der Waals surface area contributed by atoms with Crippen LogP contribution in [0.4, 0.5) is 0 Å².